The maximum Gasteiger partial charge on any atom is 0.313 e. The molecule has 1 heterocycles. The predicted molar refractivity (Wildman–Crippen MR) is 83.4 cm³/mol. The van der Waals surface area contributed by atoms with E-state index < -0.39 is 5.97 Å². The topological polar surface area (TPSA) is 68.0 Å². The molecule has 1 aromatic carbocycles. The molecule has 2 aromatic rings. The smallest absolute Gasteiger partial charge is 0.313 e. The van der Waals surface area contributed by atoms with Gasteiger partial charge in [0.15, 0.2) is 11.0 Å². The molecule has 21 heavy (non-hydrogen) atoms. The lowest BCUT2D eigenvalue weighted by Gasteiger charge is -2.12. The van der Waals surface area contributed by atoms with Gasteiger partial charge in [0.05, 0.1) is 5.75 Å². The van der Waals surface area contributed by atoms with Gasteiger partial charge in [-0.2, -0.15) is 0 Å². The van der Waals surface area contributed by atoms with Crippen molar-refractivity contribution < 1.29 is 9.90 Å². The van der Waals surface area contributed by atoms with Gasteiger partial charge < -0.3 is 9.67 Å². The molecule has 6 heteroatoms. The molecule has 0 bridgehead atoms. The van der Waals surface area contributed by atoms with Crippen molar-refractivity contribution in [2.75, 3.05) is 5.75 Å². The summed E-state index contributed by atoms with van der Waals surface area (Å²) in [4.78, 5) is 10.7. The molecule has 0 spiro atoms. The van der Waals surface area contributed by atoms with Crippen molar-refractivity contribution in [3.8, 4) is 11.4 Å². The lowest BCUT2D eigenvalue weighted by Crippen LogP contribution is -2.09. The number of hydrogen-bond acceptors (Lipinski definition) is 4. The fourth-order valence-electron chi connectivity index (χ4n) is 2.05. The van der Waals surface area contributed by atoms with Crippen molar-refractivity contribution in [2.45, 2.75) is 32.5 Å². The lowest BCUT2D eigenvalue weighted by atomic mass is 10.1. The van der Waals surface area contributed by atoms with Gasteiger partial charge in [-0.1, -0.05) is 49.4 Å². The molecule has 0 unspecified atom stereocenters. The van der Waals surface area contributed by atoms with Crippen LogP contribution in [0.15, 0.2) is 29.4 Å². The summed E-state index contributed by atoms with van der Waals surface area (Å²) in [6, 6.07) is 8.09. The van der Waals surface area contributed by atoms with Crippen LogP contribution in [0.3, 0.4) is 0 Å². The Morgan fingerprint density at radius 2 is 2.14 bits per heavy atom. The number of benzene rings is 1. The molecule has 0 radical (unpaired) electrons. The van der Waals surface area contributed by atoms with Crippen molar-refractivity contribution in [1.29, 1.82) is 0 Å². The van der Waals surface area contributed by atoms with Gasteiger partial charge in [-0.25, -0.2) is 0 Å². The highest BCUT2D eigenvalue weighted by molar-refractivity contribution is 7.99. The second-order valence-corrected chi connectivity index (χ2v) is 6.31. The minimum absolute atomic E-state index is 0.00987. The highest BCUT2D eigenvalue weighted by Crippen LogP contribution is 2.25. The summed E-state index contributed by atoms with van der Waals surface area (Å²) in [5, 5.41) is 17.9. The highest BCUT2D eigenvalue weighted by Gasteiger charge is 2.16. The number of thioether (sulfide) groups is 1. The van der Waals surface area contributed by atoms with Crippen molar-refractivity contribution in [3.05, 3.63) is 29.8 Å². The SMILES string of the molecule is Cc1cccc(-c2nnc(SCC(=O)O)n2CC(C)C)c1. The Labute approximate surface area is 128 Å². The minimum Gasteiger partial charge on any atom is -0.481 e. The number of aryl methyl sites for hydroxylation is 1. The number of aromatic nitrogens is 3. The average Bonchev–Trinajstić information content (AvgIpc) is 2.78. The van der Waals surface area contributed by atoms with Crippen molar-refractivity contribution in [1.82, 2.24) is 14.8 Å². The van der Waals surface area contributed by atoms with Crippen LogP contribution in [0, 0.1) is 12.8 Å². The molecule has 0 saturated carbocycles. The summed E-state index contributed by atoms with van der Waals surface area (Å²) < 4.78 is 2.01. The van der Waals surface area contributed by atoms with Gasteiger partial charge in [-0.3, -0.25) is 4.79 Å². The summed E-state index contributed by atoms with van der Waals surface area (Å²) in [6.07, 6.45) is 0. The molecule has 5 nitrogen and oxygen atoms in total. The lowest BCUT2D eigenvalue weighted by molar-refractivity contribution is -0.133. The highest BCUT2D eigenvalue weighted by atomic mass is 32.2. The second kappa shape index (κ2) is 6.76. The summed E-state index contributed by atoms with van der Waals surface area (Å²) in [6.45, 7) is 7.03. The second-order valence-electron chi connectivity index (χ2n) is 5.36. The fourth-order valence-corrected chi connectivity index (χ4v) is 2.72. The van der Waals surface area contributed by atoms with Crippen LogP contribution in [-0.2, 0) is 11.3 Å². The van der Waals surface area contributed by atoms with Crippen molar-refractivity contribution in [2.24, 2.45) is 5.92 Å². The van der Waals surface area contributed by atoms with E-state index in [0.717, 1.165) is 23.5 Å². The maximum absolute atomic E-state index is 10.7. The molecule has 0 aliphatic rings. The number of aliphatic carboxylic acids is 1. The normalized spacial score (nSPS) is 11.0. The zero-order valence-corrected chi connectivity index (χ0v) is 13.2. The maximum atomic E-state index is 10.7. The summed E-state index contributed by atoms with van der Waals surface area (Å²) in [5.74, 6) is 0.356. The summed E-state index contributed by atoms with van der Waals surface area (Å²) in [7, 11) is 0. The van der Waals surface area contributed by atoms with E-state index in [4.69, 9.17) is 5.11 Å². The van der Waals surface area contributed by atoms with Crippen LogP contribution in [0.2, 0.25) is 0 Å². The molecule has 2 rings (SSSR count). The Morgan fingerprint density at radius 1 is 1.38 bits per heavy atom. The van der Waals surface area contributed by atoms with E-state index in [-0.39, 0.29) is 5.75 Å². The van der Waals surface area contributed by atoms with E-state index >= 15 is 0 Å². The third-order valence-electron chi connectivity index (χ3n) is 2.87. The van der Waals surface area contributed by atoms with E-state index in [1.807, 2.05) is 29.7 Å². The van der Waals surface area contributed by atoms with Crippen LogP contribution in [0.5, 0.6) is 0 Å². The van der Waals surface area contributed by atoms with Gasteiger partial charge in [0.1, 0.15) is 0 Å². The molecule has 0 saturated heterocycles. The van der Waals surface area contributed by atoms with Crippen LogP contribution in [0.1, 0.15) is 19.4 Å². The summed E-state index contributed by atoms with van der Waals surface area (Å²) in [5.41, 5.74) is 2.16. The number of carbonyl (C=O) groups is 1. The third-order valence-corrected chi connectivity index (χ3v) is 3.82. The monoisotopic (exact) mass is 305 g/mol. The minimum atomic E-state index is -0.851. The molecular formula is C15H19N3O2S. The Morgan fingerprint density at radius 3 is 2.76 bits per heavy atom. The van der Waals surface area contributed by atoms with E-state index in [2.05, 4.69) is 30.1 Å². The van der Waals surface area contributed by atoms with Crippen molar-refractivity contribution in [3.63, 3.8) is 0 Å². The Bertz CT molecular complexity index is 638. The molecule has 0 atom stereocenters. The molecular weight excluding hydrogens is 286 g/mol. The Hall–Kier alpha value is -1.82. The predicted octanol–water partition coefficient (Wildman–Crippen LogP) is 3.09. The van der Waals surface area contributed by atoms with E-state index in [1.165, 1.54) is 11.8 Å². The van der Waals surface area contributed by atoms with Crippen molar-refractivity contribution >= 4 is 17.7 Å². The first-order valence-corrected chi connectivity index (χ1v) is 7.80. The quantitative estimate of drug-likeness (QED) is 0.831. The number of nitrogens with zero attached hydrogens (tertiary/aromatic N) is 3. The first-order valence-electron chi connectivity index (χ1n) is 6.82. The molecule has 0 fully saturated rings. The van der Waals surface area contributed by atoms with Gasteiger partial charge >= 0.3 is 5.97 Å². The molecule has 0 aliphatic carbocycles. The Kier molecular flexibility index (Phi) is 5.01. The first-order chi connectivity index (χ1) is 9.97. The molecule has 112 valence electrons. The van der Waals surface area contributed by atoms with Gasteiger partial charge in [-0.15, -0.1) is 10.2 Å². The number of carboxylic acid groups (broad SMARTS) is 1. The van der Waals surface area contributed by atoms with Gasteiger partial charge in [-0.05, 0) is 18.9 Å². The number of carboxylic acids is 1. The molecule has 1 aromatic heterocycles. The van der Waals surface area contributed by atoms with Crippen LogP contribution < -0.4 is 0 Å². The average molecular weight is 305 g/mol. The standard InChI is InChI=1S/C15H19N3O2S/c1-10(2)8-18-14(12-6-4-5-11(3)7-12)16-17-15(18)21-9-13(19)20/h4-7,10H,8-9H2,1-3H3,(H,19,20). The largest absolute Gasteiger partial charge is 0.481 e. The van der Waals surface area contributed by atoms with E-state index in [0.29, 0.717) is 11.1 Å². The third kappa shape index (κ3) is 4.07. The van der Waals surface area contributed by atoms with Crippen LogP contribution >= 0.6 is 11.8 Å². The zero-order chi connectivity index (χ0) is 15.4. The van der Waals surface area contributed by atoms with Gasteiger partial charge in [0.2, 0.25) is 0 Å². The Balaban J connectivity index is 2.38. The zero-order valence-electron chi connectivity index (χ0n) is 12.4. The summed E-state index contributed by atoms with van der Waals surface area (Å²) >= 11 is 1.21. The van der Waals surface area contributed by atoms with E-state index in [1.54, 1.807) is 0 Å². The van der Waals surface area contributed by atoms with Crippen LogP contribution in [-0.4, -0.2) is 31.6 Å². The van der Waals surface area contributed by atoms with E-state index in [9.17, 15) is 4.79 Å². The molecule has 0 amide bonds. The van der Waals surface area contributed by atoms with Crippen LogP contribution in [0.4, 0.5) is 0 Å². The molecule has 1 N–H and O–H groups in total. The number of rotatable bonds is 6. The fraction of sp³-hybridized carbons (Fsp3) is 0.400. The first kappa shape index (κ1) is 15.6. The van der Waals surface area contributed by atoms with Gasteiger partial charge in [0.25, 0.3) is 0 Å². The molecule has 0 aliphatic heterocycles. The van der Waals surface area contributed by atoms with Gasteiger partial charge in [0, 0.05) is 12.1 Å². The van der Waals surface area contributed by atoms with Crippen LogP contribution in [0.25, 0.3) is 11.4 Å². The number of hydrogen-bond donors (Lipinski definition) is 1.